The Labute approximate surface area is 99.8 Å². The number of carboxylic acids is 1. The molecule has 2 N–H and O–H groups in total. The van der Waals surface area contributed by atoms with Crippen molar-refractivity contribution in [1.29, 1.82) is 0 Å². The van der Waals surface area contributed by atoms with Gasteiger partial charge in [-0.25, -0.2) is 0 Å². The van der Waals surface area contributed by atoms with Crippen LogP contribution in [0.1, 0.15) is 6.92 Å². The van der Waals surface area contributed by atoms with Crippen molar-refractivity contribution in [2.24, 2.45) is 0 Å². The van der Waals surface area contributed by atoms with Gasteiger partial charge in [-0.05, 0) is 22.6 Å². The first-order valence-corrected chi connectivity index (χ1v) is 5.06. The van der Waals surface area contributed by atoms with E-state index in [9.17, 15) is 5.11 Å². The number of aliphatic carboxylic acids is 1. The third-order valence-corrected chi connectivity index (χ3v) is 2.31. The molecule has 0 aromatic heterocycles. The Bertz CT molecular complexity index is 344. The minimum absolute atomic E-state index is 0.231. The highest BCUT2D eigenvalue weighted by Crippen LogP contribution is 2.37. The number of rotatable bonds is 0. The lowest BCUT2D eigenvalue weighted by molar-refractivity contribution is -0.134. The molecule has 0 radical (unpaired) electrons. The van der Waals surface area contributed by atoms with Crippen LogP contribution in [0.25, 0.3) is 0 Å². The number of phenols is 1. The zero-order valence-electron chi connectivity index (χ0n) is 7.86. The summed E-state index contributed by atoms with van der Waals surface area (Å²) in [5.41, 5.74) is 0. The number of aromatic hydroxyl groups is 1. The van der Waals surface area contributed by atoms with Crippen molar-refractivity contribution >= 4 is 28.6 Å². The molecule has 0 spiro atoms. The van der Waals surface area contributed by atoms with Crippen LogP contribution in [0.15, 0.2) is 12.1 Å². The van der Waals surface area contributed by atoms with Gasteiger partial charge in [0.2, 0.25) is 6.79 Å². The maximum absolute atomic E-state index is 9.24. The Kier molecular flexibility index (Phi) is 4.01. The van der Waals surface area contributed by atoms with Gasteiger partial charge in [0.05, 0.1) is 3.57 Å². The predicted octanol–water partition coefficient (Wildman–Crippen LogP) is 1.82. The van der Waals surface area contributed by atoms with Crippen molar-refractivity contribution in [2.45, 2.75) is 6.92 Å². The van der Waals surface area contributed by atoms with E-state index >= 15 is 0 Å². The third kappa shape index (κ3) is 3.46. The van der Waals surface area contributed by atoms with Crippen LogP contribution < -0.4 is 9.47 Å². The predicted molar refractivity (Wildman–Crippen MR) is 60.3 cm³/mol. The van der Waals surface area contributed by atoms with Crippen LogP contribution in [0.4, 0.5) is 0 Å². The number of phenolic OH excluding ortho intramolecular Hbond substituents is 1. The fourth-order valence-corrected chi connectivity index (χ4v) is 1.34. The molecule has 15 heavy (non-hydrogen) atoms. The molecule has 1 heterocycles. The highest BCUT2D eigenvalue weighted by atomic mass is 127. The van der Waals surface area contributed by atoms with Gasteiger partial charge in [-0.1, -0.05) is 0 Å². The molecule has 1 aliphatic rings. The second-order valence-electron chi connectivity index (χ2n) is 2.68. The third-order valence-electron chi connectivity index (χ3n) is 1.44. The summed E-state index contributed by atoms with van der Waals surface area (Å²) in [6.07, 6.45) is 0. The largest absolute Gasteiger partial charge is 0.507 e. The van der Waals surface area contributed by atoms with Crippen molar-refractivity contribution in [2.75, 3.05) is 6.79 Å². The molecular formula is C9H9IO5. The van der Waals surface area contributed by atoms with Crippen LogP contribution in [0.2, 0.25) is 0 Å². The first-order chi connectivity index (χ1) is 7.00. The molecule has 1 aliphatic heterocycles. The molecule has 6 heteroatoms. The number of ether oxygens (including phenoxy) is 2. The number of carbonyl (C=O) groups is 1. The van der Waals surface area contributed by atoms with Crippen LogP contribution in [-0.2, 0) is 4.79 Å². The Morgan fingerprint density at radius 1 is 1.40 bits per heavy atom. The van der Waals surface area contributed by atoms with Crippen molar-refractivity contribution in [3.63, 3.8) is 0 Å². The Morgan fingerprint density at radius 2 is 1.87 bits per heavy atom. The first kappa shape index (κ1) is 11.9. The van der Waals surface area contributed by atoms with Crippen LogP contribution >= 0.6 is 22.6 Å². The number of hydrogen-bond donors (Lipinski definition) is 2. The van der Waals surface area contributed by atoms with E-state index in [4.69, 9.17) is 19.4 Å². The Balaban J connectivity index is 0.000000245. The zero-order chi connectivity index (χ0) is 11.4. The number of carboxylic acid groups (broad SMARTS) is 1. The maximum atomic E-state index is 9.24. The lowest BCUT2D eigenvalue weighted by Gasteiger charge is -1.98. The van der Waals surface area contributed by atoms with Crippen LogP contribution in [0.3, 0.4) is 0 Å². The van der Waals surface area contributed by atoms with Gasteiger partial charge in [0.15, 0.2) is 11.5 Å². The van der Waals surface area contributed by atoms with Gasteiger partial charge in [-0.3, -0.25) is 4.79 Å². The quantitative estimate of drug-likeness (QED) is 0.712. The molecule has 0 unspecified atom stereocenters. The summed E-state index contributed by atoms with van der Waals surface area (Å²) in [5.74, 6) is 0.713. The monoisotopic (exact) mass is 324 g/mol. The summed E-state index contributed by atoms with van der Waals surface area (Å²) in [5, 5.41) is 16.7. The minimum atomic E-state index is -0.833. The van der Waals surface area contributed by atoms with Crippen molar-refractivity contribution < 1.29 is 24.5 Å². The van der Waals surface area contributed by atoms with Crippen molar-refractivity contribution in [3.05, 3.63) is 15.7 Å². The second-order valence-corrected chi connectivity index (χ2v) is 3.84. The van der Waals surface area contributed by atoms with Crippen LogP contribution in [0, 0.1) is 3.57 Å². The van der Waals surface area contributed by atoms with E-state index in [-0.39, 0.29) is 12.5 Å². The zero-order valence-corrected chi connectivity index (χ0v) is 10.0. The molecule has 82 valence electrons. The van der Waals surface area contributed by atoms with E-state index in [1.54, 1.807) is 12.1 Å². The van der Waals surface area contributed by atoms with Gasteiger partial charge in [-0.15, -0.1) is 0 Å². The highest BCUT2D eigenvalue weighted by Gasteiger charge is 2.15. The summed E-state index contributed by atoms with van der Waals surface area (Å²) in [4.78, 5) is 9.00. The van der Waals surface area contributed by atoms with E-state index < -0.39 is 5.97 Å². The topological polar surface area (TPSA) is 76.0 Å². The summed E-state index contributed by atoms with van der Waals surface area (Å²) < 4.78 is 10.9. The molecule has 0 saturated heterocycles. The number of hydrogen-bond acceptors (Lipinski definition) is 4. The van der Waals surface area contributed by atoms with Gasteiger partial charge in [0.25, 0.3) is 5.97 Å². The van der Waals surface area contributed by atoms with E-state index in [1.165, 1.54) is 0 Å². The maximum Gasteiger partial charge on any atom is 0.300 e. The van der Waals surface area contributed by atoms with Gasteiger partial charge >= 0.3 is 0 Å². The SMILES string of the molecule is CC(=O)O.Oc1cc2c(cc1I)OCO2. The molecule has 0 fully saturated rings. The fraction of sp³-hybridized carbons (Fsp3) is 0.222. The minimum Gasteiger partial charge on any atom is -0.507 e. The molecule has 1 aromatic carbocycles. The summed E-state index contributed by atoms with van der Waals surface area (Å²) in [6, 6.07) is 3.31. The van der Waals surface area contributed by atoms with Crippen molar-refractivity contribution in [3.8, 4) is 17.2 Å². The van der Waals surface area contributed by atoms with E-state index in [2.05, 4.69) is 0 Å². The fourth-order valence-electron chi connectivity index (χ4n) is 0.906. The molecule has 0 saturated carbocycles. The first-order valence-electron chi connectivity index (χ1n) is 3.98. The van der Waals surface area contributed by atoms with E-state index in [1.807, 2.05) is 22.6 Å². The van der Waals surface area contributed by atoms with Gasteiger partial charge in [0, 0.05) is 19.1 Å². The number of benzene rings is 1. The van der Waals surface area contributed by atoms with Crippen LogP contribution in [0.5, 0.6) is 17.2 Å². The number of halogens is 1. The molecule has 5 nitrogen and oxygen atoms in total. The molecule has 2 rings (SSSR count). The van der Waals surface area contributed by atoms with Gasteiger partial charge in [-0.2, -0.15) is 0 Å². The Hall–Kier alpha value is -1.18. The molecule has 0 atom stereocenters. The lowest BCUT2D eigenvalue weighted by Crippen LogP contribution is -1.92. The molecule has 0 amide bonds. The molecular weight excluding hydrogens is 315 g/mol. The summed E-state index contributed by atoms with van der Waals surface area (Å²) in [7, 11) is 0. The number of fused-ring (bicyclic) bond motifs is 1. The van der Waals surface area contributed by atoms with Gasteiger partial charge < -0.3 is 19.7 Å². The molecule has 1 aromatic rings. The summed E-state index contributed by atoms with van der Waals surface area (Å²) in [6.45, 7) is 1.33. The van der Waals surface area contributed by atoms with E-state index in [0.29, 0.717) is 11.5 Å². The van der Waals surface area contributed by atoms with Crippen LogP contribution in [-0.4, -0.2) is 23.0 Å². The average Bonchev–Trinajstić information content (AvgIpc) is 2.51. The normalized spacial score (nSPS) is 11.6. The second kappa shape index (κ2) is 5.06. The summed E-state index contributed by atoms with van der Waals surface area (Å²) >= 11 is 2.03. The Morgan fingerprint density at radius 3 is 2.40 bits per heavy atom. The molecule has 0 bridgehead atoms. The van der Waals surface area contributed by atoms with E-state index in [0.717, 1.165) is 10.5 Å². The standard InChI is InChI=1S/C7H5IO3.C2H4O2/c8-4-1-6-7(2-5(4)9)11-3-10-6;1-2(3)4/h1-2,9H,3H2;1H3,(H,3,4). The smallest absolute Gasteiger partial charge is 0.300 e. The highest BCUT2D eigenvalue weighted by molar-refractivity contribution is 14.1. The van der Waals surface area contributed by atoms with Gasteiger partial charge in [0.1, 0.15) is 5.75 Å². The average molecular weight is 324 g/mol. The molecule has 0 aliphatic carbocycles. The van der Waals surface area contributed by atoms with Crippen molar-refractivity contribution in [1.82, 2.24) is 0 Å². The lowest BCUT2D eigenvalue weighted by atomic mass is 10.3.